The first-order valence-electron chi connectivity index (χ1n) is 8.11. The normalized spacial score (nSPS) is 15.4. The zero-order valence-electron chi connectivity index (χ0n) is 13.4. The maximum atomic E-state index is 13.2. The summed E-state index contributed by atoms with van der Waals surface area (Å²) in [6, 6.07) is 26.5. The van der Waals surface area contributed by atoms with Gasteiger partial charge in [0.05, 0.1) is 0 Å². The lowest BCUT2D eigenvalue weighted by molar-refractivity contribution is 0.0861. The van der Waals surface area contributed by atoms with Crippen LogP contribution in [0.15, 0.2) is 84.9 Å². The highest BCUT2D eigenvalue weighted by molar-refractivity contribution is 9.10. The van der Waals surface area contributed by atoms with Gasteiger partial charge in [-0.3, -0.25) is 9.59 Å². The van der Waals surface area contributed by atoms with Crippen molar-refractivity contribution in [2.24, 2.45) is 0 Å². The van der Waals surface area contributed by atoms with Crippen molar-refractivity contribution < 1.29 is 9.59 Å². The van der Waals surface area contributed by atoms with Crippen molar-refractivity contribution in [2.45, 2.75) is 10.2 Å². The molecule has 0 aliphatic heterocycles. The van der Waals surface area contributed by atoms with Gasteiger partial charge in [0.15, 0.2) is 15.9 Å². The summed E-state index contributed by atoms with van der Waals surface area (Å²) in [7, 11) is 0. The number of rotatable bonds is 3. The number of carbonyl (C=O) groups is 2. The van der Waals surface area contributed by atoms with Gasteiger partial charge in [-0.25, -0.2) is 0 Å². The van der Waals surface area contributed by atoms with Crippen molar-refractivity contribution in [2.75, 3.05) is 0 Å². The number of benzene rings is 3. The average molecular weight is 391 g/mol. The molecule has 3 aromatic carbocycles. The van der Waals surface area contributed by atoms with Crippen molar-refractivity contribution in [3.63, 3.8) is 0 Å². The van der Waals surface area contributed by atoms with Gasteiger partial charge in [0, 0.05) is 17.0 Å². The molecule has 1 aliphatic carbocycles. The second kappa shape index (κ2) is 6.08. The zero-order chi connectivity index (χ0) is 17.4. The van der Waals surface area contributed by atoms with Crippen LogP contribution in [0.1, 0.15) is 37.8 Å². The molecule has 0 bridgehead atoms. The van der Waals surface area contributed by atoms with Gasteiger partial charge in [0.2, 0.25) is 0 Å². The van der Waals surface area contributed by atoms with Gasteiger partial charge in [-0.05, 0) is 11.1 Å². The first kappa shape index (κ1) is 16.0. The Kier molecular flexibility index (Phi) is 3.89. The third kappa shape index (κ3) is 2.38. The average Bonchev–Trinajstić information content (AvgIpc) is 2.86. The summed E-state index contributed by atoms with van der Waals surface area (Å²) < 4.78 is -1.32. The van der Waals surface area contributed by atoms with Gasteiger partial charge < -0.3 is 0 Å². The molecule has 0 N–H and O–H groups in total. The number of alkyl halides is 1. The van der Waals surface area contributed by atoms with Gasteiger partial charge in [-0.1, -0.05) is 101 Å². The van der Waals surface area contributed by atoms with Crippen molar-refractivity contribution >= 4 is 27.5 Å². The van der Waals surface area contributed by atoms with Crippen LogP contribution in [0.4, 0.5) is 0 Å². The van der Waals surface area contributed by atoms with E-state index in [1.165, 1.54) is 0 Å². The molecule has 0 heterocycles. The topological polar surface area (TPSA) is 34.1 Å². The minimum atomic E-state index is -1.32. The molecule has 3 heteroatoms. The first-order chi connectivity index (χ1) is 12.1. The Balaban J connectivity index is 1.95. The van der Waals surface area contributed by atoms with E-state index in [-0.39, 0.29) is 11.6 Å². The second-order valence-electron chi connectivity index (χ2n) is 6.17. The monoisotopic (exact) mass is 390 g/mol. The minimum Gasteiger partial charge on any atom is -0.292 e. The molecule has 0 spiro atoms. The van der Waals surface area contributed by atoms with Crippen LogP contribution < -0.4 is 0 Å². The molecular formula is C22H15BrO2. The number of ketones is 2. The number of fused-ring (bicyclic) bond motifs is 1. The Labute approximate surface area is 154 Å². The van der Waals surface area contributed by atoms with Gasteiger partial charge in [-0.2, -0.15) is 0 Å². The molecule has 0 unspecified atom stereocenters. The van der Waals surface area contributed by atoms with Crippen molar-refractivity contribution in [1.29, 1.82) is 0 Å². The lowest BCUT2D eigenvalue weighted by Gasteiger charge is -2.30. The minimum absolute atomic E-state index is 0.175. The molecule has 0 aromatic heterocycles. The zero-order valence-corrected chi connectivity index (χ0v) is 14.9. The Bertz CT molecular complexity index is 874. The van der Waals surface area contributed by atoms with Crippen molar-refractivity contribution in [1.82, 2.24) is 0 Å². The molecule has 0 atom stereocenters. The SMILES string of the molecule is O=C1c2ccccc2C(=O)C1(Br)C(c1ccccc1)c1ccccc1. The largest absolute Gasteiger partial charge is 0.292 e. The summed E-state index contributed by atoms with van der Waals surface area (Å²) in [5, 5.41) is 0. The van der Waals surface area contributed by atoms with Gasteiger partial charge in [0.1, 0.15) is 0 Å². The van der Waals surface area contributed by atoms with E-state index < -0.39 is 10.2 Å². The third-order valence-electron chi connectivity index (χ3n) is 4.74. The van der Waals surface area contributed by atoms with Crippen LogP contribution in [-0.4, -0.2) is 15.9 Å². The second-order valence-corrected chi connectivity index (χ2v) is 7.42. The van der Waals surface area contributed by atoms with E-state index in [0.717, 1.165) is 11.1 Å². The highest BCUT2D eigenvalue weighted by Crippen LogP contribution is 2.49. The molecule has 4 rings (SSSR count). The number of hydrogen-bond donors (Lipinski definition) is 0. The number of hydrogen-bond acceptors (Lipinski definition) is 2. The maximum absolute atomic E-state index is 13.2. The molecule has 0 saturated heterocycles. The molecule has 2 nitrogen and oxygen atoms in total. The molecule has 0 amide bonds. The van der Waals surface area contributed by atoms with Crippen LogP contribution in [0.5, 0.6) is 0 Å². The fourth-order valence-corrected chi connectivity index (χ4v) is 4.53. The van der Waals surface area contributed by atoms with Crippen LogP contribution in [-0.2, 0) is 0 Å². The van der Waals surface area contributed by atoms with E-state index in [0.29, 0.717) is 11.1 Å². The van der Waals surface area contributed by atoms with E-state index >= 15 is 0 Å². The van der Waals surface area contributed by atoms with Crippen LogP contribution >= 0.6 is 15.9 Å². The van der Waals surface area contributed by atoms with Crippen LogP contribution in [0.25, 0.3) is 0 Å². The number of carbonyl (C=O) groups excluding carboxylic acids is 2. The fraction of sp³-hybridized carbons (Fsp3) is 0.0909. The lowest BCUT2D eigenvalue weighted by atomic mass is 9.78. The lowest BCUT2D eigenvalue weighted by Crippen LogP contribution is -2.41. The third-order valence-corrected chi connectivity index (χ3v) is 5.92. The first-order valence-corrected chi connectivity index (χ1v) is 8.90. The van der Waals surface area contributed by atoms with Crippen molar-refractivity contribution in [3.05, 3.63) is 107 Å². The Morgan fingerprint density at radius 1 is 0.600 bits per heavy atom. The van der Waals surface area contributed by atoms with Crippen molar-refractivity contribution in [3.8, 4) is 0 Å². The highest BCUT2D eigenvalue weighted by atomic mass is 79.9. The van der Waals surface area contributed by atoms with E-state index in [2.05, 4.69) is 15.9 Å². The molecule has 3 aromatic rings. The number of Topliss-reactive ketones (excluding diaryl/α,β-unsaturated/α-hetero) is 2. The van der Waals surface area contributed by atoms with E-state index in [1.807, 2.05) is 60.7 Å². The fourth-order valence-electron chi connectivity index (χ4n) is 3.58. The summed E-state index contributed by atoms with van der Waals surface area (Å²) in [6.45, 7) is 0. The quantitative estimate of drug-likeness (QED) is 0.464. The molecule has 25 heavy (non-hydrogen) atoms. The van der Waals surface area contributed by atoms with Crippen LogP contribution in [0.3, 0.4) is 0 Å². The molecule has 0 radical (unpaired) electrons. The molecule has 1 aliphatic rings. The number of halogens is 1. The van der Waals surface area contributed by atoms with Gasteiger partial charge >= 0.3 is 0 Å². The summed E-state index contributed by atoms with van der Waals surface area (Å²) in [5.41, 5.74) is 2.84. The van der Waals surface area contributed by atoms with E-state index in [9.17, 15) is 9.59 Å². The van der Waals surface area contributed by atoms with Crippen LogP contribution in [0.2, 0.25) is 0 Å². The van der Waals surface area contributed by atoms with E-state index in [1.54, 1.807) is 24.3 Å². The molecule has 0 saturated carbocycles. The standard InChI is InChI=1S/C22H15BrO2/c23-22(20(24)17-13-7-8-14-18(17)21(22)25)19(15-9-3-1-4-10-15)16-11-5-2-6-12-16/h1-14,19H. The van der Waals surface area contributed by atoms with Crippen LogP contribution in [0, 0.1) is 0 Å². The molecular weight excluding hydrogens is 376 g/mol. The van der Waals surface area contributed by atoms with E-state index in [4.69, 9.17) is 0 Å². The summed E-state index contributed by atoms with van der Waals surface area (Å²) in [6.07, 6.45) is 0. The molecule has 0 fully saturated rings. The predicted octanol–water partition coefficient (Wildman–Crippen LogP) is 5.03. The Morgan fingerprint density at radius 2 is 0.960 bits per heavy atom. The Hall–Kier alpha value is -2.52. The maximum Gasteiger partial charge on any atom is 0.189 e. The van der Waals surface area contributed by atoms with Gasteiger partial charge in [-0.15, -0.1) is 0 Å². The summed E-state index contributed by atoms with van der Waals surface area (Å²) in [4.78, 5) is 26.5. The summed E-state index contributed by atoms with van der Waals surface area (Å²) in [5.74, 6) is -0.751. The highest BCUT2D eigenvalue weighted by Gasteiger charge is 2.56. The van der Waals surface area contributed by atoms with Gasteiger partial charge in [0.25, 0.3) is 0 Å². The summed E-state index contributed by atoms with van der Waals surface area (Å²) >= 11 is 3.60. The molecule has 122 valence electrons. The smallest absolute Gasteiger partial charge is 0.189 e. The Morgan fingerprint density at radius 3 is 1.36 bits per heavy atom. The predicted molar refractivity (Wildman–Crippen MR) is 101 cm³/mol.